The Balaban J connectivity index is 1.54. The molecule has 1 saturated heterocycles. The van der Waals surface area contributed by atoms with Crippen molar-refractivity contribution < 1.29 is 4.79 Å². The summed E-state index contributed by atoms with van der Waals surface area (Å²) in [4.78, 5) is 14.6. The van der Waals surface area contributed by atoms with E-state index in [2.05, 4.69) is 10.2 Å². The van der Waals surface area contributed by atoms with Crippen molar-refractivity contribution in [2.45, 2.75) is 39.0 Å². The monoisotopic (exact) mass is 320 g/mol. The Morgan fingerprint density at radius 1 is 1.27 bits per heavy atom. The lowest BCUT2D eigenvalue weighted by Gasteiger charge is -2.41. The van der Waals surface area contributed by atoms with Crippen LogP contribution in [0.5, 0.6) is 0 Å². The molecule has 2 atom stereocenters. The van der Waals surface area contributed by atoms with Crippen LogP contribution in [-0.4, -0.2) is 30.4 Å². The van der Waals surface area contributed by atoms with Gasteiger partial charge in [0.15, 0.2) is 0 Å². The highest BCUT2D eigenvalue weighted by Crippen LogP contribution is 2.35. The van der Waals surface area contributed by atoms with Gasteiger partial charge in [-0.25, -0.2) is 0 Å². The minimum atomic E-state index is 0.0691. The average molecular weight is 321 g/mol. The topological polar surface area (TPSA) is 32.3 Å². The number of anilines is 1. The number of nitrogens with one attached hydrogen (secondary N) is 1. The van der Waals surface area contributed by atoms with Crippen molar-refractivity contribution in [3.63, 3.8) is 0 Å². The molecule has 0 radical (unpaired) electrons. The molecular weight excluding hydrogens is 296 g/mol. The Hall–Kier alpha value is -1.06. The third kappa shape index (κ3) is 3.64. The zero-order valence-corrected chi connectivity index (χ0v) is 14.0. The first-order chi connectivity index (χ1) is 10.6. The maximum absolute atomic E-state index is 12.3. The summed E-state index contributed by atoms with van der Waals surface area (Å²) in [5.41, 5.74) is 1.76. The van der Waals surface area contributed by atoms with Gasteiger partial charge in [0.2, 0.25) is 5.91 Å². The molecule has 1 aromatic rings. The SMILES string of the molecule is Cc1c(Cl)cccc1NC(=O)CN1CC[C@@H]2CCCC[C@@H]2C1. The minimum absolute atomic E-state index is 0.0691. The summed E-state index contributed by atoms with van der Waals surface area (Å²) in [5.74, 6) is 1.78. The van der Waals surface area contributed by atoms with Gasteiger partial charge in [-0.3, -0.25) is 9.69 Å². The van der Waals surface area contributed by atoms with Crippen molar-refractivity contribution in [2.75, 3.05) is 25.0 Å². The second-order valence-electron chi connectivity index (χ2n) is 6.79. The van der Waals surface area contributed by atoms with E-state index in [0.29, 0.717) is 11.6 Å². The lowest BCUT2D eigenvalue weighted by Crippen LogP contribution is -2.44. The maximum Gasteiger partial charge on any atom is 0.238 e. The van der Waals surface area contributed by atoms with Gasteiger partial charge >= 0.3 is 0 Å². The second-order valence-corrected chi connectivity index (χ2v) is 7.20. The van der Waals surface area contributed by atoms with Crippen LogP contribution in [-0.2, 0) is 4.79 Å². The molecule has 2 fully saturated rings. The number of piperidine rings is 1. The fraction of sp³-hybridized carbons (Fsp3) is 0.611. The highest BCUT2D eigenvalue weighted by Gasteiger charge is 2.31. The maximum atomic E-state index is 12.3. The van der Waals surface area contributed by atoms with Crippen molar-refractivity contribution >= 4 is 23.2 Å². The zero-order valence-electron chi connectivity index (χ0n) is 13.3. The molecule has 0 spiro atoms. The molecule has 0 bridgehead atoms. The molecule has 4 heteroatoms. The molecule has 120 valence electrons. The number of benzene rings is 1. The molecule has 22 heavy (non-hydrogen) atoms. The lowest BCUT2D eigenvalue weighted by atomic mass is 9.75. The number of carbonyl (C=O) groups excluding carboxylic acids is 1. The molecule has 0 aromatic heterocycles. The van der Waals surface area contributed by atoms with E-state index in [1.54, 1.807) is 0 Å². The van der Waals surface area contributed by atoms with Crippen LogP contribution in [0.2, 0.25) is 5.02 Å². The number of likely N-dealkylation sites (tertiary alicyclic amines) is 1. The fourth-order valence-electron chi connectivity index (χ4n) is 3.96. The van der Waals surface area contributed by atoms with Gasteiger partial charge in [0.1, 0.15) is 0 Å². The lowest BCUT2D eigenvalue weighted by molar-refractivity contribution is -0.118. The van der Waals surface area contributed by atoms with Crippen LogP contribution in [0.15, 0.2) is 18.2 Å². The van der Waals surface area contributed by atoms with Crippen LogP contribution < -0.4 is 5.32 Å². The summed E-state index contributed by atoms with van der Waals surface area (Å²) in [6, 6.07) is 5.63. The fourth-order valence-corrected chi connectivity index (χ4v) is 4.13. The molecule has 3 rings (SSSR count). The Bertz CT molecular complexity index is 546. The van der Waals surface area contributed by atoms with E-state index in [1.165, 1.54) is 32.1 Å². The van der Waals surface area contributed by atoms with Gasteiger partial charge in [-0.15, -0.1) is 0 Å². The number of rotatable bonds is 3. The largest absolute Gasteiger partial charge is 0.325 e. The molecule has 3 nitrogen and oxygen atoms in total. The third-order valence-corrected chi connectivity index (χ3v) is 5.69. The van der Waals surface area contributed by atoms with Gasteiger partial charge in [-0.2, -0.15) is 0 Å². The summed E-state index contributed by atoms with van der Waals surface area (Å²) in [6.45, 7) is 4.58. The normalized spacial score (nSPS) is 25.5. The molecule has 1 aromatic carbocycles. The van der Waals surface area contributed by atoms with E-state index < -0.39 is 0 Å². The summed E-state index contributed by atoms with van der Waals surface area (Å²) in [7, 11) is 0. The molecule has 1 heterocycles. The smallest absolute Gasteiger partial charge is 0.238 e. The van der Waals surface area contributed by atoms with Gasteiger partial charge in [0.05, 0.1) is 6.54 Å². The Labute approximate surface area is 138 Å². The van der Waals surface area contributed by atoms with Gasteiger partial charge in [0.25, 0.3) is 0 Å². The van der Waals surface area contributed by atoms with Crippen molar-refractivity contribution in [1.29, 1.82) is 0 Å². The summed E-state index contributed by atoms with van der Waals surface area (Å²) in [6.07, 6.45) is 6.76. The molecule has 1 aliphatic heterocycles. The van der Waals surface area contributed by atoms with Gasteiger partial charge in [0, 0.05) is 17.3 Å². The standard InChI is InChI=1S/C18H25ClN2O/c1-13-16(19)7-4-8-17(13)20-18(22)12-21-10-9-14-5-2-3-6-15(14)11-21/h4,7-8,14-15H,2-3,5-6,9-12H2,1H3,(H,20,22)/t14-,15+/m0/s1. The second kappa shape index (κ2) is 7.01. The molecule has 1 saturated carbocycles. The Kier molecular flexibility index (Phi) is 5.04. The molecule has 1 amide bonds. The quantitative estimate of drug-likeness (QED) is 0.909. The zero-order chi connectivity index (χ0) is 15.5. The number of nitrogens with zero attached hydrogens (tertiary/aromatic N) is 1. The van der Waals surface area contributed by atoms with Gasteiger partial charge < -0.3 is 5.32 Å². The van der Waals surface area contributed by atoms with E-state index in [4.69, 9.17) is 11.6 Å². The molecule has 1 N–H and O–H groups in total. The number of halogens is 1. The van der Waals surface area contributed by atoms with E-state index in [1.807, 2.05) is 25.1 Å². The summed E-state index contributed by atoms with van der Waals surface area (Å²) >= 11 is 6.10. The van der Waals surface area contributed by atoms with E-state index in [9.17, 15) is 4.79 Å². The van der Waals surface area contributed by atoms with Crippen LogP contribution in [0.3, 0.4) is 0 Å². The summed E-state index contributed by atoms with van der Waals surface area (Å²) < 4.78 is 0. The first-order valence-corrected chi connectivity index (χ1v) is 8.78. The molecule has 1 aliphatic carbocycles. The van der Waals surface area contributed by atoms with Crippen LogP contribution in [0, 0.1) is 18.8 Å². The third-order valence-electron chi connectivity index (χ3n) is 5.28. The number of fused-ring (bicyclic) bond motifs is 1. The van der Waals surface area contributed by atoms with Crippen LogP contribution in [0.1, 0.15) is 37.7 Å². The molecule has 2 aliphatic rings. The molecule has 0 unspecified atom stereocenters. The summed E-state index contributed by atoms with van der Waals surface area (Å²) in [5, 5.41) is 3.70. The van der Waals surface area contributed by atoms with E-state index in [-0.39, 0.29) is 5.91 Å². The Morgan fingerprint density at radius 3 is 2.86 bits per heavy atom. The predicted molar refractivity (Wildman–Crippen MR) is 91.3 cm³/mol. The Morgan fingerprint density at radius 2 is 2.05 bits per heavy atom. The highest BCUT2D eigenvalue weighted by atomic mass is 35.5. The first kappa shape index (κ1) is 15.8. The average Bonchev–Trinajstić information content (AvgIpc) is 2.52. The number of hydrogen-bond acceptors (Lipinski definition) is 2. The van der Waals surface area contributed by atoms with E-state index >= 15 is 0 Å². The predicted octanol–water partition coefficient (Wildman–Crippen LogP) is 4.10. The van der Waals surface area contributed by atoms with Crippen LogP contribution in [0.4, 0.5) is 5.69 Å². The van der Waals surface area contributed by atoms with Gasteiger partial charge in [-0.1, -0.05) is 36.9 Å². The van der Waals surface area contributed by atoms with Crippen molar-refractivity contribution in [3.05, 3.63) is 28.8 Å². The first-order valence-electron chi connectivity index (χ1n) is 8.41. The number of amides is 1. The van der Waals surface area contributed by atoms with Gasteiger partial charge in [-0.05, 0) is 55.8 Å². The number of carbonyl (C=O) groups is 1. The van der Waals surface area contributed by atoms with Crippen LogP contribution >= 0.6 is 11.6 Å². The van der Waals surface area contributed by atoms with Crippen molar-refractivity contribution in [2.24, 2.45) is 11.8 Å². The highest BCUT2D eigenvalue weighted by molar-refractivity contribution is 6.31. The molecular formula is C18H25ClN2O. The van der Waals surface area contributed by atoms with Crippen molar-refractivity contribution in [1.82, 2.24) is 4.90 Å². The number of hydrogen-bond donors (Lipinski definition) is 1. The minimum Gasteiger partial charge on any atom is -0.325 e. The van der Waals surface area contributed by atoms with E-state index in [0.717, 1.165) is 36.2 Å². The van der Waals surface area contributed by atoms with Crippen molar-refractivity contribution in [3.8, 4) is 0 Å². The van der Waals surface area contributed by atoms with Crippen LogP contribution in [0.25, 0.3) is 0 Å².